The number of aryl methyl sites for hydroxylation is 1. The van der Waals surface area contributed by atoms with Crippen molar-refractivity contribution < 1.29 is 9.47 Å². The fraction of sp³-hybridized carbons (Fsp3) is 0.850. The topological polar surface area (TPSA) is 85.6 Å². The Kier molecular flexibility index (Phi) is 9.56. The van der Waals surface area contributed by atoms with E-state index in [4.69, 9.17) is 9.47 Å². The number of nitrogens with one attached hydrogen (secondary N) is 2. The number of nitrogens with zero attached hydrogens (tertiary/aromatic N) is 4. The molecular weight excluding hydrogens is 388 g/mol. The Bertz CT molecular complexity index is 626. The van der Waals surface area contributed by atoms with Crippen LogP contribution in [-0.4, -0.2) is 73.0 Å². The highest BCUT2D eigenvalue weighted by Gasteiger charge is 2.23. The SMILES string of the molecule is CN=C(NCCCOC1CCOC1)NCCCc1nnc(SC)n1C1CCCC1. The summed E-state index contributed by atoms with van der Waals surface area (Å²) in [6.07, 6.45) is 11.4. The Labute approximate surface area is 178 Å². The second-order valence-corrected chi connectivity index (χ2v) is 8.42. The van der Waals surface area contributed by atoms with Crippen LogP contribution in [0, 0.1) is 0 Å². The van der Waals surface area contributed by atoms with Crippen molar-refractivity contribution in [2.45, 2.75) is 68.7 Å². The van der Waals surface area contributed by atoms with Crippen LogP contribution in [0.5, 0.6) is 0 Å². The van der Waals surface area contributed by atoms with Crippen molar-refractivity contribution in [2.24, 2.45) is 4.99 Å². The molecule has 1 aliphatic carbocycles. The predicted octanol–water partition coefficient (Wildman–Crippen LogP) is 2.41. The Balaban J connectivity index is 1.32. The van der Waals surface area contributed by atoms with Crippen molar-refractivity contribution in [3.8, 4) is 0 Å². The standard InChI is InChI=1S/C20H36N6O2S/c1-21-19(23-12-6-13-28-17-10-14-27-15-17)22-11-5-9-18-24-25-20(29-2)26(18)16-7-3-4-8-16/h16-17H,3-15H2,1-2H3,(H2,21,22,23). The van der Waals surface area contributed by atoms with Gasteiger partial charge in [0.05, 0.1) is 12.7 Å². The molecule has 1 atom stereocenters. The quantitative estimate of drug-likeness (QED) is 0.244. The first-order valence-corrected chi connectivity index (χ1v) is 12.2. The number of aliphatic imine (C=N–C) groups is 1. The summed E-state index contributed by atoms with van der Waals surface area (Å²) in [6.45, 7) is 4.04. The van der Waals surface area contributed by atoms with E-state index >= 15 is 0 Å². The first-order valence-electron chi connectivity index (χ1n) is 10.9. The molecule has 0 radical (unpaired) electrons. The molecule has 8 nitrogen and oxygen atoms in total. The van der Waals surface area contributed by atoms with Gasteiger partial charge in [0.15, 0.2) is 11.1 Å². The molecule has 2 N–H and O–H groups in total. The summed E-state index contributed by atoms with van der Waals surface area (Å²) in [6, 6.07) is 0.586. The van der Waals surface area contributed by atoms with Crippen LogP contribution in [-0.2, 0) is 15.9 Å². The fourth-order valence-corrected chi connectivity index (χ4v) is 4.57. The van der Waals surface area contributed by atoms with E-state index < -0.39 is 0 Å². The van der Waals surface area contributed by atoms with Crippen molar-refractivity contribution in [3.63, 3.8) is 0 Å². The third kappa shape index (κ3) is 6.86. The van der Waals surface area contributed by atoms with Gasteiger partial charge < -0.3 is 24.7 Å². The summed E-state index contributed by atoms with van der Waals surface area (Å²) in [4.78, 5) is 4.30. The van der Waals surface area contributed by atoms with E-state index in [-0.39, 0.29) is 6.10 Å². The summed E-state index contributed by atoms with van der Waals surface area (Å²) in [5.41, 5.74) is 0. The smallest absolute Gasteiger partial charge is 0.191 e. The lowest BCUT2D eigenvalue weighted by Crippen LogP contribution is -2.38. The van der Waals surface area contributed by atoms with Crippen LogP contribution in [0.4, 0.5) is 0 Å². The van der Waals surface area contributed by atoms with E-state index in [0.29, 0.717) is 6.04 Å². The van der Waals surface area contributed by atoms with Gasteiger partial charge >= 0.3 is 0 Å². The molecule has 0 bridgehead atoms. The number of rotatable bonds is 11. The number of hydrogen-bond acceptors (Lipinski definition) is 6. The van der Waals surface area contributed by atoms with Gasteiger partial charge in [0, 0.05) is 45.8 Å². The molecule has 29 heavy (non-hydrogen) atoms. The lowest BCUT2D eigenvalue weighted by molar-refractivity contribution is 0.0420. The van der Waals surface area contributed by atoms with E-state index in [2.05, 4.69) is 36.6 Å². The number of aromatic nitrogens is 3. The van der Waals surface area contributed by atoms with Crippen LogP contribution in [0.1, 0.15) is 56.8 Å². The third-order valence-corrected chi connectivity index (χ3v) is 6.20. The normalized spacial score (nSPS) is 20.5. The molecule has 1 aromatic heterocycles. The molecule has 2 fully saturated rings. The largest absolute Gasteiger partial charge is 0.379 e. The van der Waals surface area contributed by atoms with Crippen LogP contribution in [0.2, 0.25) is 0 Å². The van der Waals surface area contributed by atoms with Gasteiger partial charge in [0.25, 0.3) is 0 Å². The molecule has 0 aromatic carbocycles. The van der Waals surface area contributed by atoms with Crippen molar-refractivity contribution in [1.82, 2.24) is 25.4 Å². The van der Waals surface area contributed by atoms with Crippen molar-refractivity contribution in [2.75, 3.05) is 46.2 Å². The van der Waals surface area contributed by atoms with Gasteiger partial charge in [-0.3, -0.25) is 4.99 Å². The molecule has 9 heteroatoms. The van der Waals surface area contributed by atoms with E-state index in [1.807, 2.05) is 7.05 Å². The molecule has 0 spiro atoms. The van der Waals surface area contributed by atoms with Crippen LogP contribution in [0.3, 0.4) is 0 Å². The fourth-order valence-electron chi connectivity index (χ4n) is 3.99. The molecule has 164 valence electrons. The average Bonchev–Trinajstić information content (AvgIpc) is 3.50. The Morgan fingerprint density at radius 2 is 2.00 bits per heavy atom. The number of guanidine groups is 1. The maximum absolute atomic E-state index is 5.79. The minimum Gasteiger partial charge on any atom is -0.379 e. The predicted molar refractivity (Wildman–Crippen MR) is 117 cm³/mol. The monoisotopic (exact) mass is 424 g/mol. The van der Waals surface area contributed by atoms with E-state index in [1.165, 1.54) is 25.7 Å². The summed E-state index contributed by atoms with van der Waals surface area (Å²) in [5, 5.41) is 16.7. The number of hydrogen-bond donors (Lipinski definition) is 2. The van der Waals surface area contributed by atoms with Crippen LogP contribution in [0.25, 0.3) is 0 Å². The van der Waals surface area contributed by atoms with Gasteiger partial charge in [-0.15, -0.1) is 10.2 Å². The maximum Gasteiger partial charge on any atom is 0.191 e. The Morgan fingerprint density at radius 1 is 1.21 bits per heavy atom. The Morgan fingerprint density at radius 3 is 2.69 bits per heavy atom. The average molecular weight is 425 g/mol. The zero-order chi connectivity index (χ0) is 20.3. The molecule has 3 rings (SSSR count). The summed E-state index contributed by atoms with van der Waals surface area (Å²) >= 11 is 1.70. The minimum atomic E-state index is 0.283. The molecule has 1 saturated carbocycles. The van der Waals surface area contributed by atoms with Crippen molar-refractivity contribution in [3.05, 3.63) is 5.82 Å². The van der Waals surface area contributed by atoms with Gasteiger partial charge in [-0.1, -0.05) is 24.6 Å². The molecule has 1 aromatic rings. The van der Waals surface area contributed by atoms with Crippen molar-refractivity contribution in [1.29, 1.82) is 0 Å². The van der Waals surface area contributed by atoms with Crippen molar-refractivity contribution >= 4 is 17.7 Å². The van der Waals surface area contributed by atoms with Gasteiger partial charge in [0.1, 0.15) is 5.82 Å². The van der Waals surface area contributed by atoms with Crippen LogP contribution in [0.15, 0.2) is 10.1 Å². The minimum absolute atomic E-state index is 0.283. The number of ether oxygens (including phenoxy) is 2. The third-order valence-electron chi connectivity index (χ3n) is 5.56. The molecule has 2 aliphatic rings. The Hall–Kier alpha value is -1.32. The molecule has 0 amide bonds. The first-order chi connectivity index (χ1) is 14.3. The first kappa shape index (κ1) is 22.4. The molecule has 1 aliphatic heterocycles. The zero-order valence-electron chi connectivity index (χ0n) is 17.9. The lowest BCUT2D eigenvalue weighted by atomic mass is 10.2. The van der Waals surface area contributed by atoms with Crippen LogP contribution >= 0.6 is 11.8 Å². The van der Waals surface area contributed by atoms with Gasteiger partial charge in [-0.25, -0.2) is 0 Å². The number of thioether (sulfide) groups is 1. The maximum atomic E-state index is 5.79. The van der Waals surface area contributed by atoms with Gasteiger partial charge in [-0.05, 0) is 38.4 Å². The summed E-state index contributed by atoms with van der Waals surface area (Å²) < 4.78 is 13.5. The van der Waals surface area contributed by atoms with Gasteiger partial charge in [-0.2, -0.15) is 0 Å². The second kappa shape index (κ2) is 12.4. The highest BCUT2D eigenvalue weighted by atomic mass is 32.2. The zero-order valence-corrected chi connectivity index (χ0v) is 18.7. The summed E-state index contributed by atoms with van der Waals surface area (Å²) in [7, 11) is 1.81. The van der Waals surface area contributed by atoms with Gasteiger partial charge in [0.2, 0.25) is 0 Å². The van der Waals surface area contributed by atoms with E-state index in [0.717, 1.165) is 75.5 Å². The molecule has 2 heterocycles. The highest BCUT2D eigenvalue weighted by Crippen LogP contribution is 2.33. The lowest BCUT2D eigenvalue weighted by Gasteiger charge is -2.16. The van der Waals surface area contributed by atoms with Crippen LogP contribution < -0.4 is 10.6 Å². The molecular formula is C20H36N6O2S. The molecule has 1 unspecified atom stereocenters. The van der Waals surface area contributed by atoms with E-state index in [9.17, 15) is 0 Å². The highest BCUT2D eigenvalue weighted by molar-refractivity contribution is 7.98. The second-order valence-electron chi connectivity index (χ2n) is 7.65. The van der Waals surface area contributed by atoms with E-state index in [1.54, 1.807) is 11.8 Å². The summed E-state index contributed by atoms with van der Waals surface area (Å²) in [5.74, 6) is 1.97. The molecule has 1 saturated heterocycles.